The van der Waals surface area contributed by atoms with Crippen molar-refractivity contribution in [2.75, 3.05) is 6.61 Å². The van der Waals surface area contributed by atoms with E-state index in [1.54, 1.807) is 12.4 Å². The van der Waals surface area contributed by atoms with Gasteiger partial charge in [0.1, 0.15) is 5.75 Å². The van der Waals surface area contributed by atoms with Gasteiger partial charge in [-0.15, -0.1) is 0 Å². The Balaban J connectivity index is 1.68. The maximum atomic E-state index is 12.1. The van der Waals surface area contributed by atoms with Crippen LogP contribution >= 0.6 is 0 Å². The molecule has 0 atom stereocenters. The Kier molecular flexibility index (Phi) is 3.63. The summed E-state index contributed by atoms with van der Waals surface area (Å²) in [5.74, 6) is 0.845. The molecular formula is C16H16N2O2. The number of hydrogen-bond acceptors (Lipinski definition) is 3. The zero-order valence-corrected chi connectivity index (χ0v) is 11.1. The van der Waals surface area contributed by atoms with E-state index in [4.69, 9.17) is 4.74 Å². The minimum atomic E-state index is -0.0600. The molecule has 0 unspecified atom stereocenters. The molecule has 20 heavy (non-hydrogen) atoms. The summed E-state index contributed by atoms with van der Waals surface area (Å²) in [7, 11) is 0. The van der Waals surface area contributed by atoms with Crippen LogP contribution in [0.2, 0.25) is 0 Å². The standard InChI is InChI=1S/C16H16N2O2/c19-16(18-11-12-5-7-17-8-6-12)14-3-4-15-13(10-14)2-1-9-20-15/h3-8,10H,1-2,9,11H2,(H,18,19). The fourth-order valence-corrected chi connectivity index (χ4v) is 2.29. The van der Waals surface area contributed by atoms with Crippen LogP contribution in [0.25, 0.3) is 0 Å². The van der Waals surface area contributed by atoms with Crippen LogP contribution in [0.15, 0.2) is 42.7 Å². The van der Waals surface area contributed by atoms with Gasteiger partial charge in [0.25, 0.3) is 5.91 Å². The molecule has 1 aliphatic heterocycles. The second kappa shape index (κ2) is 5.74. The number of carbonyl (C=O) groups is 1. The van der Waals surface area contributed by atoms with Crippen molar-refractivity contribution >= 4 is 5.91 Å². The van der Waals surface area contributed by atoms with E-state index < -0.39 is 0 Å². The lowest BCUT2D eigenvalue weighted by Crippen LogP contribution is -2.23. The number of aromatic nitrogens is 1. The highest BCUT2D eigenvalue weighted by Gasteiger charge is 2.13. The molecule has 2 heterocycles. The minimum Gasteiger partial charge on any atom is -0.493 e. The Morgan fingerprint density at radius 3 is 2.95 bits per heavy atom. The third kappa shape index (κ3) is 2.79. The van der Waals surface area contributed by atoms with Crippen molar-refractivity contribution in [3.63, 3.8) is 0 Å². The van der Waals surface area contributed by atoms with Gasteiger partial charge in [-0.05, 0) is 54.3 Å². The van der Waals surface area contributed by atoms with Gasteiger partial charge in [0.2, 0.25) is 0 Å². The Morgan fingerprint density at radius 2 is 2.10 bits per heavy atom. The maximum absolute atomic E-state index is 12.1. The van der Waals surface area contributed by atoms with Crippen molar-refractivity contribution in [2.45, 2.75) is 19.4 Å². The summed E-state index contributed by atoms with van der Waals surface area (Å²) < 4.78 is 5.55. The molecule has 0 bridgehead atoms. The monoisotopic (exact) mass is 268 g/mol. The number of nitrogens with one attached hydrogen (secondary N) is 1. The molecule has 0 saturated heterocycles. The predicted molar refractivity (Wildman–Crippen MR) is 75.7 cm³/mol. The molecule has 0 spiro atoms. The van der Waals surface area contributed by atoms with E-state index in [0.717, 1.165) is 36.3 Å². The summed E-state index contributed by atoms with van der Waals surface area (Å²) in [5.41, 5.74) is 2.84. The van der Waals surface area contributed by atoms with E-state index in [0.29, 0.717) is 12.1 Å². The number of hydrogen-bond donors (Lipinski definition) is 1. The topological polar surface area (TPSA) is 51.2 Å². The zero-order valence-electron chi connectivity index (χ0n) is 11.1. The average molecular weight is 268 g/mol. The molecule has 1 aromatic carbocycles. The lowest BCUT2D eigenvalue weighted by atomic mass is 10.0. The number of ether oxygens (including phenoxy) is 1. The van der Waals surface area contributed by atoms with E-state index in [-0.39, 0.29) is 5.91 Å². The first-order valence-corrected chi connectivity index (χ1v) is 6.76. The van der Waals surface area contributed by atoms with Gasteiger partial charge in [0.15, 0.2) is 0 Å². The molecule has 1 aliphatic rings. The number of amides is 1. The van der Waals surface area contributed by atoms with Gasteiger partial charge in [-0.25, -0.2) is 0 Å². The molecule has 3 rings (SSSR count). The maximum Gasteiger partial charge on any atom is 0.251 e. The van der Waals surface area contributed by atoms with Crippen molar-refractivity contribution in [1.82, 2.24) is 10.3 Å². The summed E-state index contributed by atoms with van der Waals surface area (Å²) in [4.78, 5) is 16.1. The Morgan fingerprint density at radius 1 is 1.25 bits per heavy atom. The average Bonchev–Trinajstić information content (AvgIpc) is 2.53. The summed E-state index contributed by atoms with van der Waals surface area (Å²) in [5, 5.41) is 2.91. The van der Waals surface area contributed by atoms with Gasteiger partial charge in [-0.3, -0.25) is 9.78 Å². The van der Waals surface area contributed by atoms with Crippen LogP contribution in [-0.4, -0.2) is 17.5 Å². The Bertz CT molecular complexity index is 611. The number of fused-ring (bicyclic) bond motifs is 1. The van der Waals surface area contributed by atoms with E-state index in [1.165, 1.54) is 0 Å². The van der Waals surface area contributed by atoms with Crippen LogP contribution in [0.1, 0.15) is 27.9 Å². The first-order valence-electron chi connectivity index (χ1n) is 6.76. The summed E-state index contributed by atoms with van der Waals surface area (Å²) in [6.07, 6.45) is 5.42. The normalized spacial score (nSPS) is 13.2. The van der Waals surface area contributed by atoms with Crippen molar-refractivity contribution in [1.29, 1.82) is 0 Å². The molecule has 1 aromatic heterocycles. The number of rotatable bonds is 3. The highest BCUT2D eigenvalue weighted by molar-refractivity contribution is 5.94. The van der Waals surface area contributed by atoms with E-state index in [1.807, 2.05) is 30.3 Å². The largest absolute Gasteiger partial charge is 0.493 e. The van der Waals surface area contributed by atoms with Crippen LogP contribution in [0.5, 0.6) is 5.75 Å². The number of aryl methyl sites for hydroxylation is 1. The summed E-state index contributed by atoms with van der Waals surface area (Å²) in [6.45, 7) is 1.27. The highest BCUT2D eigenvalue weighted by atomic mass is 16.5. The molecule has 4 heteroatoms. The summed E-state index contributed by atoms with van der Waals surface area (Å²) >= 11 is 0. The van der Waals surface area contributed by atoms with Crippen LogP contribution in [0, 0.1) is 0 Å². The fourth-order valence-electron chi connectivity index (χ4n) is 2.29. The van der Waals surface area contributed by atoms with E-state index in [2.05, 4.69) is 10.3 Å². The van der Waals surface area contributed by atoms with Crippen molar-refractivity contribution in [3.8, 4) is 5.75 Å². The molecule has 2 aromatic rings. The molecule has 1 amide bonds. The second-order valence-corrected chi connectivity index (χ2v) is 4.81. The van der Waals surface area contributed by atoms with Crippen LogP contribution in [0.4, 0.5) is 0 Å². The van der Waals surface area contributed by atoms with E-state index in [9.17, 15) is 4.79 Å². The minimum absolute atomic E-state index is 0.0600. The first kappa shape index (κ1) is 12.7. The lowest BCUT2D eigenvalue weighted by Gasteiger charge is -2.17. The van der Waals surface area contributed by atoms with Crippen LogP contribution < -0.4 is 10.1 Å². The number of pyridine rings is 1. The molecule has 0 saturated carbocycles. The SMILES string of the molecule is O=C(NCc1ccncc1)c1ccc2c(c1)CCCO2. The number of benzene rings is 1. The lowest BCUT2D eigenvalue weighted by molar-refractivity contribution is 0.0950. The first-order chi connectivity index (χ1) is 9.83. The quantitative estimate of drug-likeness (QED) is 0.929. The van der Waals surface area contributed by atoms with Crippen molar-refractivity contribution in [3.05, 3.63) is 59.4 Å². The van der Waals surface area contributed by atoms with Gasteiger partial charge in [0.05, 0.1) is 6.61 Å². The van der Waals surface area contributed by atoms with Gasteiger partial charge in [-0.1, -0.05) is 0 Å². The molecule has 0 aliphatic carbocycles. The van der Waals surface area contributed by atoms with Gasteiger partial charge in [-0.2, -0.15) is 0 Å². The van der Waals surface area contributed by atoms with E-state index >= 15 is 0 Å². The third-order valence-corrected chi connectivity index (χ3v) is 3.37. The Labute approximate surface area is 117 Å². The van der Waals surface area contributed by atoms with Gasteiger partial charge in [0, 0.05) is 24.5 Å². The predicted octanol–water partition coefficient (Wildman–Crippen LogP) is 2.34. The zero-order chi connectivity index (χ0) is 13.8. The molecule has 102 valence electrons. The van der Waals surface area contributed by atoms with Crippen molar-refractivity contribution in [2.24, 2.45) is 0 Å². The second-order valence-electron chi connectivity index (χ2n) is 4.81. The molecule has 0 fully saturated rings. The van der Waals surface area contributed by atoms with Gasteiger partial charge < -0.3 is 10.1 Å². The molecule has 0 radical (unpaired) electrons. The smallest absolute Gasteiger partial charge is 0.251 e. The molecule has 4 nitrogen and oxygen atoms in total. The highest BCUT2D eigenvalue weighted by Crippen LogP contribution is 2.25. The molecular weight excluding hydrogens is 252 g/mol. The van der Waals surface area contributed by atoms with Crippen molar-refractivity contribution < 1.29 is 9.53 Å². The third-order valence-electron chi connectivity index (χ3n) is 3.37. The molecule has 1 N–H and O–H groups in total. The van der Waals surface area contributed by atoms with Crippen LogP contribution in [-0.2, 0) is 13.0 Å². The Hall–Kier alpha value is -2.36. The fraction of sp³-hybridized carbons (Fsp3) is 0.250. The number of nitrogens with zero attached hydrogens (tertiary/aromatic N) is 1. The number of carbonyl (C=O) groups excluding carboxylic acids is 1. The van der Waals surface area contributed by atoms with Gasteiger partial charge >= 0.3 is 0 Å². The van der Waals surface area contributed by atoms with Crippen LogP contribution in [0.3, 0.4) is 0 Å². The summed E-state index contributed by atoms with van der Waals surface area (Å²) in [6, 6.07) is 9.40.